The summed E-state index contributed by atoms with van der Waals surface area (Å²) >= 11 is 0. The fourth-order valence-electron chi connectivity index (χ4n) is 1.34. The van der Waals surface area contributed by atoms with Crippen LogP contribution in [0.4, 0.5) is 0 Å². The van der Waals surface area contributed by atoms with E-state index in [2.05, 4.69) is 0 Å². The van der Waals surface area contributed by atoms with Crippen LogP contribution in [-0.2, 0) is 14.3 Å². The number of carbonyl (C=O) groups excluding carboxylic acids is 1. The molecule has 1 heterocycles. The molecule has 0 radical (unpaired) electrons. The predicted octanol–water partition coefficient (Wildman–Crippen LogP) is 1.55. The van der Waals surface area contributed by atoms with E-state index in [0.717, 1.165) is 25.9 Å². The molecule has 0 saturated carbocycles. The SMILES string of the molecule is CC(C)OCC(=O)C1CCCCO1. The van der Waals surface area contributed by atoms with E-state index in [1.165, 1.54) is 0 Å². The molecule has 0 aromatic rings. The highest BCUT2D eigenvalue weighted by atomic mass is 16.5. The molecule has 76 valence electrons. The van der Waals surface area contributed by atoms with Crippen LogP contribution in [0.25, 0.3) is 0 Å². The lowest BCUT2D eigenvalue weighted by Crippen LogP contribution is -2.31. The summed E-state index contributed by atoms with van der Waals surface area (Å²) in [5.41, 5.74) is 0. The second-order valence-electron chi connectivity index (χ2n) is 3.68. The topological polar surface area (TPSA) is 35.5 Å². The van der Waals surface area contributed by atoms with Gasteiger partial charge in [-0.2, -0.15) is 0 Å². The van der Waals surface area contributed by atoms with Crippen molar-refractivity contribution < 1.29 is 14.3 Å². The lowest BCUT2D eigenvalue weighted by molar-refractivity contribution is -0.139. The molecule has 1 rings (SSSR count). The molecule has 3 nitrogen and oxygen atoms in total. The van der Waals surface area contributed by atoms with Crippen LogP contribution in [0.5, 0.6) is 0 Å². The summed E-state index contributed by atoms with van der Waals surface area (Å²) in [7, 11) is 0. The molecule has 1 saturated heterocycles. The van der Waals surface area contributed by atoms with Crippen LogP contribution in [-0.4, -0.2) is 31.2 Å². The first-order valence-electron chi connectivity index (χ1n) is 4.96. The van der Waals surface area contributed by atoms with Crippen molar-refractivity contribution in [3.05, 3.63) is 0 Å². The molecular formula is C10H18O3. The van der Waals surface area contributed by atoms with Gasteiger partial charge in [0.05, 0.1) is 6.10 Å². The fraction of sp³-hybridized carbons (Fsp3) is 0.900. The first-order valence-corrected chi connectivity index (χ1v) is 4.96. The van der Waals surface area contributed by atoms with Crippen LogP contribution < -0.4 is 0 Å². The van der Waals surface area contributed by atoms with Gasteiger partial charge in [0.15, 0.2) is 5.78 Å². The Morgan fingerprint density at radius 2 is 2.31 bits per heavy atom. The van der Waals surface area contributed by atoms with Gasteiger partial charge in [0.25, 0.3) is 0 Å². The van der Waals surface area contributed by atoms with Crippen LogP contribution in [0.2, 0.25) is 0 Å². The highest BCUT2D eigenvalue weighted by Gasteiger charge is 2.21. The van der Waals surface area contributed by atoms with Crippen LogP contribution in [0.3, 0.4) is 0 Å². The van der Waals surface area contributed by atoms with Gasteiger partial charge in [-0.05, 0) is 33.1 Å². The van der Waals surface area contributed by atoms with Crippen molar-refractivity contribution in [3.63, 3.8) is 0 Å². The van der Waals surface area contributed by atoms with Crippen molar-refractivity contribution in [2.24, 2.45) is 0 Å². The van der Waals surface area contributed by atoms with E-state index >= 15 is 0 Å². The average Bonchev–Trinajstić information content (AvgIpc) is 2.15. The highest BCUT2D eigenvalue weighted by molar-refractivity contribution is 5.84. The Bertz CT molecular complexity index is 160. The van der Waals surface area contributed by atoms with Crippen molar-refractivity contribution in [1.82, 2.24) is 0 Å². The number of Topliss-reactive ketones (excluding diaryl/α,β-unsaturated/α-hetero) is 1. The van der Waals surface area contributed by atoms with Gasteiger partial charge in [-0.25, -0.2) is 0 Å². The van der Waals surface area contributed by atoms with Crippen LogP contribution in [0.15, 0.2) is 0 Å². The molecule has 0 N–H and O–H groups in total. The molecular weight excluding hydrogens is 168 g/mol. The molecule has 0 spiro atoms. The Kier molecular flexibility index (Phi) is 4.39. The molecule has 0 aliphatic carbocycles. The lowest BCUT2D eigenvalue weighted by Gasteiger charge is -2.21. The quantitative estimate of drug-likeness (QED) is 0.668. The third-order valence-corrected chi connectivity index (χ3v) is 2.10. The van der Waals surface area contributed by atoms with Gasteiger partial charge >= 0.3 is 0 Å². The maximum atomic E-state index is 11.5. The molecule has 0 aromatic carbocycles. The van der Waals surface area contributed by atoms with E-state index in [4.69, 9.17) is 9.47 Å². The molecule has 1 fully saturated rings. The lowest BCUT2D eigenvalue weighted by atomic mass is 10.1. The molecule has 13 heavy (non-hydrogen) atoms. The third kappa shape index (κ3) is 3.87. The van der Waals surface area contributed by atoms with E-state index in [-0.39, 0.29) is 24.6 Å². The predicted molar refractivity (Wildman–Crippen MR) is 49.7 cm³/mol. The summed E-state index contributed by atoms with van der Waals surface area (Å²) in [4.78, 5) is 11.5. The molecule has 0 bridgehead atoms. The van der Waals surface area contributed by atoms with E-state index < -0.39 is 0 Å². The van der Waals surface area contributed by atoms with Crippen LogP contribution >= 0.6 is 0 Å². The Labute approximate surface area is 79.4 Å². The van der Waals surface area contributed by atoms with E-state index in [9.17, 15) is 4.79 Å². The normalized spacial score (nSPS) is 23.5. The van der Waals surface area contributed by atoms with Gasteiger partial charge in [0.1, 0.15) is 12.7 Å². The minimum absolute atomic E-state index is 0.0911. The highest BCUT2D eigenvalue weighted by Crippen LogP contribution is 2.13. The van der Waals surface area contributed by atoms with E-state index in [1.54, 1.807) is 0 Å². The minimum Gasteiger partial charge on any atom is -0.371 e. The minimum atomic E-state index is -0.201. The second-order valence-corrected chi connectivity index (χ2v) is 3.68. The van der Waals surface area contributed by atoms with Gasteiger partial charge in [-0.1, -0.05) is 0 Å². The van der Waals surface area contributed by atoms with Crippen LogP contribution in [0.1, 0.15) is 33.1 Å². The Balaban J connectivity index is 2.21. The maximum Gasteiger partial charge on any atom is 0.187 e. The fourth-order valence-corrected chi connectivity index (χ4v) is 1.34. The van der Waals surface area contributed by atoms with Crippen molar-refractivity contribution >= 4 is 5.78 Å². The van der Waals surface area contributed by atoms with Gasteiger partial charge in [-0.15, -0.1) is 0 Å². The number of ether oxygens (including phenoxy) is 2. The van der Waals surface area contributed by atoms with E-state index in [1.807, 2.05) is 13.8 Å². The third-order valence-electron chi connectivity index (χ3n) is 2.10. The number of ketones is 1. The largest absolute Gasteiger partial charge is 0.371 e. The second kappa shape index (κ2) is 5.35. The molecule has 1 unspecified atom stereocenters. The molecule has 0 amide bonds. The standard InChI is InChI=1S/C10H18O3/c1-8(2)13-7-9(11)10-5-3-4-6-12-10/h8,10H,3-7H2,1-2H3. The number of carbonyl (C=O) groups is 1. The smallest absolute Gasteiger partial charge is 0.187 e. The molecule has 0 aromatic heterocycles. The first kappa shape index (κ1) is 10.7. The molecule has 3 heteroatoms. The zero-order chi connectivity index (χ0) is 9.68. The summed E-state index contributed by atoms with van der Waals surface area (Å²) in [5.74, 6) is 0.0911. The Hall–Kier alpha value is -0.410. The Morgan fingerprint density at radius 3 is 2.85 bits per heavy atom. The first-order chi connectivity index (χ1) is 6.20. The summed E-state index contributed by atoms with van der Waals surface area (Å²) in [6.45, 7) is 4.77. The molecule has 1 aliphatic rings. The maximum absolute atomic E-state index is 11.5. The summed E-state index contributed by atoms with van der Waals surface area (Å²) in [6, 6.07) is 0. The van der Waals surface area contributed by atoms with Crippen molar-refractivity contribution in [2.75, 3.05) is 13.2 Å². The zero-order valence-electron chi connectivity index (χ0n) is 8.41. The van der Waals surface area contributed by atoms with Gasteiger partial charge in [0.2, 0.25) is 0 Å². The summed E-state index contributed by atoms with van der Waals surface area (Å²) in [5, 5.41) is 0. The molecule has 1 atom stereocenters. The molecule has 1 aliphatic heterocycles. The van der Waals surface area contributed by atoms with Gasteiger partial charge in [-0.3, -0.25) is 4.79 Å². The van der Waals surface area contributed by atoms with E-state index in [0.29, 0.717) is 0 Å². The summed E-state index contributed by atoms with van der Waals surface area (Å²) < 4.78 is 10.6. The Morgan fingerprint density at radius 1 is 1.54 bits per heavy atom. The number of hydrogen-bond acceptors (Lipinski definition) is 3. The van der Waals surface area contributed by atoms with Crippen molar-refractivity contribution in [2.45, 2.75) is 45.3 Å². The monoisotopic (exact) mass is 186 g/mol. The zero-order valence-corrected chi connectivity index (χ0v) is 8.41. The summed E-state index contributed by atoms with van der Waals surface area (Å²) in [6.07, 6.45) is 2.95. The number of rotatable bonds is 4. The van der Waals surface area contributed by atoms with Gasteiger partial charge in [0, 0.05) is 6.61 Å². The average molecular weight is 186 g/mol. The van der Waals surface area contributed by atoms with Crippen molar-refractivity contribution in [3.8, 4) is 0 Å². The van der Waals surface area contributed by atoms with Crippen LogP contribution in [0, 0.1) is 0 Å². The van der Waals surface area contributed by atoms with Gasteiger partial charge < -0.3 is 9.47 Å². The number of hydrogen-bond donors (Lipinski definition) is 0. The van der Waals surface area contributed by atoms with Crippen molar-refractivity contribution in [1.29, 1.82) is 0 Å².